The van der Waals surface area contributed by atoms with Gasteiger partial charge in [0, 0.05) is 38.6 Å². The van der Waals surface area contributed by atoms with Crippen LogP contribution in [0.3, 0.4) is 0 Å². The van der Waals surface area contributed by atoms with Gasteiger partial charge in [0.15, 0.2) is 0 Å². The zero-order valence-electron chi connectivity index (χ0n) is 20.0. The first-order valence-electron chi connectivity index (χ1n) is 10.8. The third kappa shape index (κ3) is 6.03. The molecule has 0 aliphatic rings. The van der Waals surface area contributed by atoms with Gasteiger partial charge >= 0.3 is 0 Å². The van der Waals surface area contributed by atoms with Crippen LogP contribution in [0.15, 0.2) is 36.5 Å². The van der Waals surface area contributed by atoms with E-state index < -0.39 is 0 Å². The molecule has 176 valence electrons. The van der Waals surface area contributed by atoms with E-state index in [2.05, 4.69) is 0 Å². The highest BCUT2D eigenvalue weighted by Gasteiger charge is 2.30. The molecule has 8 nitrogen and oxygen atoms in total. The first kappa shape index (κ1) is 25.3. The molecule has 1 heterocycles. The summed E-state index contributed by atoms with van der Waals surface area (Å²) in [4.78, 5) is 30.3. The van der Waals surface area contributed by atoms with Crippen molar-refractivity contribution in [2.24, 2.45) is 7.05 Å². The number of nitrogens with zero attached hydrogens (tertiary/aromatic N) is 3. The van der Waals surface area contributed by atoms with Gasteiger partial charge in [-0.05, 0) is 37.6 Å². The van der Waals surface area contributed by atoms with Crippen LogP contribution in [0.2, 0.25) is 0 Å². The quantitative estimate of drug-likeness (QED) is 0.502. The molecule has 0 aliphatic carbocycles. The summed E-state index contributed by atoms with van der Waals surface area (Å²) in [6.07, 6.45) is 2.64. The normalized spacial score (nSPS) is 11.7. The second-order valence-corrected chi connectivity index (χ2v) is 7.65. The molecule has 2 rings (SSSR count). The predicted octanol–water partition coefficient (Wildman–Crippen LogP) is 2.96. The largest absolute Gasteiger partial charge is 0.496 e. The number of hydrogen-bond donors (Lipinski definition) is 0. The summed E-state index contributed by atoms with van der Waals surface area (Å²) in [5.41, 5.74) is 1.32. The molecule has 0 bridgehead atoms. The zero-order chi connectivity index (χ0) is 23.7. The van der Waals surface area contributed by atoms with E-state index in [0.29, 0.717) is 43.2 Å². The van der Waals surface area contributed by atoms with Crippen LogP contribution >= 0.6 is 0 Å². The molecule has 0 saturated heterocycles. The van der Waals surface area contributed by atoms with Crippen LogP contribution < -0.4 is 9.47 Å². The van der Waals surface area contributed by atoms with Crippen molar-refractivity contribution in [3.63, 3.8) is 0 Å². The highest BCUT2D eigenvalue weighted by Crippen LogP contribution is 2.30. The fourth-order valence-corrected chi connectivity index (χ4v) is 3.45. The van der Waals surface area contributed by atoms with Gasteiger partial charge in [0.05, 0.1) is 27.4 Å². The summed E-state index contributed by atoms with van der Waals surface area (Å²) in [6.45, 7) is 5.15. The molecule has 32 heavy (non-hydrogen) atoms. The first-order valence-corrected chi connectivity index (χ1v) is 10.8. The Morgan fingerprint density at radius 2 is 1.72 bits per heavy atom. The Morgan fingerprint density at radius 3 is 2.22 bits per heavy atom. The molecule has 0 radical (unpaired) electrons. The summed E-state index contributed by atoms with van der Waals surface area (Å²) in [5, 5.41) is 0. The molecule has 0 saturated carbocycles. The fraction of sp³-hybridized carbons (Fsp3) is 0.500. The van der Waals surface area contributed by atoms with Gasteiger partial charge in [0.25, 0.3) is 5.91 Å². The van der Waals surface area contributed by atoms with Crippen LogP contribution in [-0.2, 0) is 23.1 Å². The molecule has 1 aromatic carbocycles. The minimum Gasteiger partial charge on any atom is -0.496 e. The number of ether oxygens (including phenoxy) is 3. The molecule has 2 amide bonds. The van der Waals surface area contributed by atoms with Crippen LogP contribution in [0.5, 0.6) is 11.5 Å². The average molecular weight is 446 g/mol. The molecule has 0 N–H and O–H groups in total. The SMILES string of the molecule is CCC(C)N(CC(=O)N(CCOC)Cc1cccn1C)C(=O)c1c(OC)cccc1OC. The van der Waals surface area contributed by atoms with E-state index in [4.69, 9.17) is 14.2 Å². The second-order valence-electron chi connectivity index (χ2n) is 7.65. The Kier molecular flexibility index (Phi) is 9.59. The van der Waals surface area contributed by atoms with Gasteiger partial charge in [-0.15, -0.1) is 0 Å². The van der Waals surface area contributed by atoms with Crippen molar-refractivity contribution < 1.29 is 23.8 Å². The number of hydrogen-bond acceptors (Lipinski definition) is 5. The number of aromatic nitrogens is 1. The van der Waals surface area contributed by atoms with Crippen LogP contribution in [-0.4, -0.2) is 73.2 Å². The van der Waals surface area contributed by atoms with Crippen LogP contribution in [0, 0.1) is 0 Å². The molecule has 0 fully saturated rings. The smallest absolute Gasteiger partial charge is 0.262 e. The lowest BCUT2D eigenvalue weighted by atomic mass is 10.1. The van der Waals surface area contributed by atoms with Crippen molar-refractivity contribution in [1.29, 1.82) is 0 Å². The molecule has 0 spiro atoms. The second kappa shape index (κ2) is 12.1. The van der Waals surface area contributed by atoms with Crippen molar-refractivity contribution in [1.82, 2.24) is 14.4 Å². The molecule has 0 aliphatic heterocycles. The lowest BCUT2D eigenvalue weighted by Gasteiger charge is -2.32. The van der Waals surface area contributed by atoms with Gasteiger partial charge in [-0.25, -0.2) is 0 Å². The van der Waals surface area contributed by atoms with Gasteiger partial charge in [-0.1, -0.05) is 13.0 Å². The molecule has 1 unspecified atom stereocenters. The molecular formula is C24H35N3O5. The highest BCUT2D eigenvalue weighted by atomic mass is 16.5. The molecule has 2 aromatic rings. The number of benzene rings is 1. The Morgan fingerprint density at radius 1 is 1.06 bits per heavy atom. The Bertz CT molecular complexity index is 873. The number of carbonyl (C=O) groups is 2. The van der Waals surface area contributed by atoms with E-state index in [1.807, 2.05) is 43.8 Å². The lowest BCUT2D eigenvalue weighted by molar-refractivity contribution is -0.133. The third-order valence-electron chi connectivity index (χ3n) is 5.65. The van der Waals surface area contributed by atoms with Crippen molar-refractivity contribution in [2.45, 2.75) is 32.9 Å². The van der Waals surface area contributed by atoms with Crippen molar-refractivity contribution in [2.75, 3.05) is 41.0 Å². The maximum Gasteiger partial charge on any atom is 0.262 e. The molecular weight excluding hydrogens is 410 g/mol. The first-order chi connectivity index (χ1) is 15.4. The van der Waals surface area contributed by atoms with Gasteiger partial charge in [0.1, 0.15) is 23.6 Å². The predicted molar refractivity (Wildman–Crippen MR) is 123 cm³/mol. The summed E-state index contributed by atoms with van der Waals surface area (Å²) in [7, 11) is 6.57. The Balaban J connectivity index is 2.33. The van der Waals surface area contributed by atoms with Crippen LogP contribution in [0.4, 0.5) is 0 Å². The topological polar surface area (TPSA) is 73.2 Å². The van der Waals surface area contributed by atoms with Gasteiger partial charge < -0.3 is 28.6 Å². The minimum absolute atomic E-state index is 0.0524. The maximum atomic E-state index is 13.6. The summed E-state index contributed by atoms with van der Waals surface area (Å²) < 4.78 is 18.0. The van der Waals surface area contributed by atoms with Crippen molar-refractivity contribution in [3.8, 4) is 11.5 Å². The monoisotopic (exact) mass is 445 g/mol. The highest BCUT2D eigenvalue weighted by molar-refractivity contribution is 6.01. The number of rotatable bonds is 12. The summed E-state index contributed by atoms with van der Waals surface area (Å²) in [6, 6.07) is 8.96. The van der Waals surface area contributed by atoms with Gasteiger partial charge in [0.2, 0.25) is 5.91 Å². The average Bonchev–Trinajstić information content (AvgIpc) is 3.22. The van der Waals surface area contributed by atoms with E-state index in [1.165, 1.54) is 14.2 Å². The van der Waals surface area contributed by atoms with E-state index in [1.54, 1.807) is 35.1 Å². The van der Waals surface area contributed by atoms with Crippen molar-refractivity contribution >= 4 is 11.8 Å². The van der Waals surface area contributed by atoms with Crippen molar-refractivity contribution in [3.05, 3.63) is 47.8 Å². The number of amides is 2. The molecule has 1 aromatic heterocycles. The fourth-order valence-electron chi connectivity index (χ4n) is 3.45. The van der Waals surface area contributed by atoms with Crippen LogP contribution in [0.1, 0.15) is 36.3 Å². The summed E-state index contributed by atoms with van der Waals surface area (Å²) in [5.74, 6) is 0.378. The van der Waals surface area contributed by atoms with Gasteiger partial charge in [-0.3, -0.25) is 9.59 Å². The molecule has 8 heteroatoms. The number of carbonyl (C=O) groups excluding carboxylic acids is 2. The summed E-state index contributed by atoms with van der Waals surface area (Å²) >= 11 is 0. The maximum absolute atomic E-state index is 13.6. The van der Waals surface area contributed by atoms with E-state index in [0.717, 1.165) is 5.69 Å². The number of methoxy groups -OCH3 is 3. The Hall–Kier alpha value is -3.00. The standard InChI is InChI=1S/C24H35N3O5/c1-7-18(2)27(24(29)23-20(31-5)11-8-12-21(23)32-6)17-22(28)26(14-15-30-4)16-19-10-9-13-25(19)3/h8-13,18H,7,14-17H2,1-6H3. The minimum atomic E-state index is -0.299. The van der Waals surface area contributed by atoms with E-state index >= 15 is 0 Å². The molecule has 1 atom stereocenters. The van der Waals surface area contributed by atoms with Gasteiger partial charge in [-0.2, -0.15) is 0 Å². The number of aryl methyl sites for hydroxylation is 1. The van der Waals surface area contributed by atoms with E-state index in [-0.39, 0.29) is 24.4 Å². The van der Waals surface area contributed by atoms with E-state index in [9.17, 15) is 9.59 Å². The van der Waals surface area contributed by atoms with Crippen LogP contribution in [0.25, 0.3) is 0 Å². The lowest BCUT2D eigenvalue weighted by Crippen LogP contribution is -2.47. The zero-order valence-corrected chi connectivity index (χ0v) is 20.0. The third-order valence-corrected chi connectivity index (χ3v) is 5.65. The Labute approximate surface area is 190 Å².